The molecule has 1 aliphatic carbocycles. The topological polar surface area (TPSA) is 186 Å². The highest BCUT2D eigenvalue weighted by Gasteiger charge is 2.25. The largest absolute Gasteiger partial charge is 0.746 e. The van der Waals surface area contributed by atoms with Crippen LogP contribution in [0.2, 0.25) is 0 Å². The van der Waals surface area contributed by atoms with Crippen molar-refractivity contribution in [1.82, 2.24) is 0 Å². The zero-order chi connectivity index (χ0) is 31.1. The Labute approximate surface area is 240 Å². The molecular weight excluding hydrogens is 591 g/mol. The van der Waals surface area contributed by atoms with Gasteiger partial charge in [-0.15, -0.1) is 0 Å². The van der Waals surface area contributed by atoms with Gasteiger partial charge in [-0.05, 0) is 48.0 Å². The van der Waals surface area contributed by atoms with Crippen molar-refractivity contribution in [3.05, 3.63) is 99.7 Å². The molecule has 3 aromatic rings. The standard InChI is InChI=1S/C29H20F2NO10P/c30-21-10-19-26(12-24(21)34)41-27-13-25(35)22(31)11-20(27)28(19)17-6-1-14(9-18(17)29(36)37)23(33)7-8-32-15-2-4-16(5-3-15)42-43(38,39)40/h1-6,9-13,32,34H,7-8H2,(H,36,37)(H2,38,39,40)/p-1. The monoisotopic (exact) mass is 610 g/mol. The molecule has 14 heteroatoms. The first-order chi connectivity index (χ1) is 20.3. The van der Waals surface area contributed by atoms with Gasteiger partial charge in [-0.2, -0.15) is 0 Å². The zero-order valence-corrected chi connectivity index (χ0v) is 22.6. The summed E-state index contributed by atoms with van der Waals surface area (Å²) in [6, 6.07) is 12.8. The molecule has 0 aromatic heterocycles. The van der Waals surface area contributed by atoms with E-state index in [4.69, 9.17) is 9.31 Å². The minimum absolute atomic E-state index is 0.00840. The molecule has 11 nitrogen and oxygen atoms in total. The fraction of sp³-hybridized carbons (Fsp3) is 0.0690. The van der Waals surface area contributed by atoms with Crippen molar-refractivity contribution < 1.29 is 51.9 Å². The number of aromatic carboxylic acids is 1. The number of fused-ring (bicyclic) bond motifs is 2. The highest BCUT2D eigenvalue weighted by molar-refractivity contribution is 7.45. The lowest BCUT2D eigenvalue weighted by Crippen LogP contribution is -2.11. The van der Waals surface area contributed by atoms with Crippen LogP contribution in [0.1, 0.15) is 27.1 Å². The molecule has 1 aliphatic heterocycles. The van der Waals surface area contributed by atoms with Crippen molar-refractivity contribution in [3.8, 4) is 33.9 Å². The van der Waals surface area contributed by atoms with E-state index in [-0.39, 0.29) is 63.3 Å². The molecule has 3 aromatic carbocycles. The summed E-state index contributed by atoms with van der Waals surface area (Å²) < 4.78 is 49.6. The SMILES string of the molecule is O=C(CCNc1ccc(OP(=O)([O-])O)cc1)c1ccc(-c2c3cc(F)c(=O)cc-3oc3cc(O)c(F)cc23)c(C(=O)O)c1. The van der Waals surface area contributed by atoms with Gasteiger partial charge in [0.15, 0.2) is 23.2 Å². The smallest absolute Gasteiger partial charge is 0.336 e. The first kappa shape index (κ1) is 29.4. The molecule has 0 spiro atoms. The van der Waals surface area contributed by atoms with E-state index in [1.807, 2.05) is 0 Å². The second kappa shape index (κ2) is 11.3. The third-order valence-electron chi connectivity index (χ3n) is 6.44. The van der Waals surface area contributed by atoms with Gasteiger partial charge in [0.1, 0.15) is 17.1 Å². The first-order valence-electron chi connectivity index (χ1n) is 12.4. The van der Waals surface area contributed by atoms with Gasteiger partial charge in [-0.1, -0.05) is 12.1 Å². The van der Waals surface area contributed by atoms with Crippen LogP contribution in [0.15, 0.2) is 75.9 Å². The van der Waals surface area contributed by atoms with E-state index in [9.17, 15) is 42.8 Å². The number of benzene rings is 4. The van der Waals surface area contributed by atoms with E-state index in [1.165, 1.54) is 36.4 Å². The number of phosphoric acid groups is 1. The van der Waals surface area contributed by atoms with E-state index < -0.39 is 42.4 Å². The first-order valence-corrected chi connectivity index (χ1v) is 13.9. The summed E-state index contributed by atoms with van der Waals surface area (Å²) in [5.74, 6) is -5.11. The summed E-state index contributed by atoms with van der Waals surface area (Å²) in [6.07, 6.45) is -0.0822. The van der Waals surface area contributed by atoms with Gasteiger partial charge in [0.05, 0.1) is 5.56 Å². The third kappa shape index (κ3) is 6.24. The Morgan fingerprint density at radius 2 is 1.70 bits per heavy atom. The van der Waals surface area contributed by atoms with Crippen LogP contribution in [-0.4, -0.2) is 33.4 Å². The number of carboxylic acids is 1. The fourth-order valence-electron chi connectivity index (χ4n) is 4.53. The summed E-state index contributed by atoms with van der Waals surface area (Å²) in [5, 5.41) is 22.8. The van der Waals surface area contributed by atoms with Crippen LogP contribution in [0.3, 0.4) is 0 Å². The molecule has 0 fully saturated rings. The number of phosphoric ester groups is 1. The van der Waals surface area contributed by atoms with Crippen molar-refractivity contribution in [2.75, 3.05) is 11.9 Å². The molecule has 0 saturated carbocycles. The Bertz CT molecular complexity index is 1990. The van der Waals surface area contributed by atoms with Crippen molar-refractivity contribution in [2.45, 2.75) is 6.42 Å². The lowest BCUT2D eigenvalue weighted by molar-refractivity contribution is -0.211. The van der Waals surface area contributed by atoms with Crippen LogP contribution < -0.4 is 20.2 Å². The van der Waals surface area contributed by atoms with Crippen LogP contribution in [0.4, 0.5) is 14.5 Å². The van der Waals surface area contributed by atoms with Gasteiger partial charge in [0.25, 0.3) is 0 Å². The number of Topliss-reactive ketones (excluding diaryl/α,β-unsaturated/α-hetero) is 1. The Morgan fingerprint density at radius 3 is 2.37 bits per heavy atom. The minimum atomic E-state index is -4.96. The highest BCUT2D eigenvalue weighted by Crippen LogP contribution is 2.43. The van der Waals surface area contributed by atoms with Gasteiger partial charge < -0.3 is 34.3 Å². The summed E-state index contributed by atoms with van der Waals surface area (Å²) in [6.45, 7) is 0.109. The van der Waals surface area contributed by atoms with Crippen molar-refractivity contribution >= 4 is 36.2 Å². The second-order valence-corrected chi connectivity index (χ2v) is 10.4. The molecule has 4 N–H and O–H groups in total. The predicted octanol–water partition coefficient (Wildman–Crippen LogP) is 4.77. The summed E-state index contributed by atoms with van der Waals surface area (Å²) in [5.41, 5.74) is -0.987. The van der Waals surface area contributed by atoms with Crippen molar-refractivity contribution in [1.29, 1.82) is 0 Å². The van der Waals surface area contributed by atoms with Crippen LogP contribution in [-0.2, 0) is 4.57 Å². The Balaban J connectivity index is 1.47. The van der Waals surface area contributed by atoms with E-state index >= 15 is 0 Å². The fourth-order valence-corrected chi connectivity index (χ4v) is 4.92. The molecule has 0 bridgehead atoms. The summed E-state index contributed by atoms with van der Waals surface area (Å²) in [7, 11) is -4.96. The maximum atomic E-state index is 14.4. The summed E-state index contributed by atoms with van der Waals surface area (Å²) >= 11 is 0. The Kier molecular flexibility index (Phi) is 7.72. The Morgan fingerprint density at radius 1 is 0.977 bits per heavy atom. The van der Waals surface area contributed by atoms with Crippen molar-refractivity contribution in [2.24, 2.45) is 0 Å². The number of hydrogen-bond acceptors (Lipinski definition) is 9. The average molecular weight is 610 g/mol. The van der Waals surface area contributed by atoms with Crippen LogP contribution in [0, 0.1) is 11.6 Å². The number of hydrogen-bond donors (Lipinski definition) is 4. The lowest BCUT2D eigenvalue weighted by atomic mass is 9.89. The lowest BCUT2D eigenvalue weighted by Gasteiger charge is -2.17. The highest BCUT2D eigenvalue weighted by atomic mass is 31.2. The van der Waals surface area contributed by atoms with E-state index in [1.54, 1.807) is 0 Å². The number of carbonyl (C=O) groups excluding carboxylic acids is 1. The van der Waals surface area contributed by atoms with Gasteiger partial charge >= 0.3 is 13.8 Å². The number of rotatable bonds is 9. The Hall–Kier alpha value is -5.10. The predicted molar refractivity (Wildman–Crippen MR) is 147 cm³/mol. The molecule has 220 valence electrons. The average Bonchev–Trinajstić information content (AvgIpc) is 2.93. The maximum absolute atomic E-state index is 14.4. The number of aromatic hydroxyl groups is 1. The van der Waals surface area contributed by atoms with Crippen LogP contribution in [0.5, 0.6) is 11.5 Å². The molecule has 2 aliphatic rings. The molecule has 5 rings (SSSR count). The molecule has 0 saturated heterocycles. The minimum Gasteiger partial charge on any atom is -0.746 e. The number of phenols is 1. The van der Waals surface area contributed by atoms with Crippen molar-refractivity contribution in [3.63, 3.8) is 0 Å². The van der Waals surface area contributed by atoms with E-state index in [2.05, 4.69) is 9.84 Å². The van der Waals surface area contributed by atoms with Crippen LogP contribution in [0.25, 0.3) is 33.4 Å². The summed E-state index contributed by atoms with van der Waals surface area (Å²) in [4.78, 5) is 56.8. The zero-order valence-electron chi connectivity index (χ0n) is 21.7. The number of carboxylic acid groups (broad SMARTS) is 1. The number of ketones is 1. The number of carbonyl (C=O) groups is 2. The van der Waals surface area contributed by atoms with Crippen LogP contribution >= 0.6 is 7.82 Å². The molecule has 1 atom stereocenters. The number of anilines is 1. The third-order valence-corrected chi connectivity index (χ3v) is 6.88. The molecule has 43 heavy (non-hydrogen) atoms. The number of halogens is 2. The molecule has 1 heterocycles. The van der Waals surface area contributed by atoms with E-state index in [0.717, 1.165) is 30.3 Å². The maximum Gasteiger partial charge on any atom is 0.336 e. The second-order valence-electron chi connectivity index (χ2n) is 9.31. The molecular formula is C29H19F2NO10P-. The number of phenolic OH excluding ortho intramolecular Hbond substituents is 1. The van der Waals surface area contributed by atoms with Gasteiger partial charge in [0.2, 0.25) is 5.43 Å². The van der Waals surface area contributed by atoms with Gasteiger partial charge in [0, 0.05) is 52.9 Å². The molecule has 0 radical (unpaired) electrons. The van der Waals surface area contributed by atoms with Gasteiger partial charge in [-0.25, -0.2) is 13.6 Å². The molecule has 1 unspecified atom stereocenters. The van der Waals surface area contributed by atoms with Gasteiger partial charge in [-0.3, -0.25) is 14.2 Å². The van der Waals surface area contributed by atoms with E-state index in [0.29, 0.717) is 5.69 Å². The quantitative estimate of drug-likeness (QED) is 0.102. The molecule has 0 amide bonds. The normalized spacial score (nSPS) is 12.7. The number of nitrogens with one attached hydrogen (secondary N) is 1.